The van der Waals surface area contributed by atoms with E-state index in [0.29, 0.717) is 16.7 Å². The number of amides is 2. The molecule has 1 aromatic carbocycles. The fourth-order valence-corrected chi connectivity index (χ4v) is 2.42. The maximum Gasteiger partial charge on any atom is 0.277 e. The number of H-pyrrole nitrogens is 1. The van der Waals surface area contributed by atoms with Crippen molar-refractivity contribution in [2.24, 2.45) is 0 Å². The van der Waals surface area contributed by atoms with E-state index in [1.165, 1.54) is 20.4 Å². The Labute approximate surface area is 146 Å². The maximum atomic E-state index is 12.6. The average Bonchev–Trinajstić information content (AvgIpc) is 3.05. The molecule has 0 bridgehead atoms. The molecule has 0 radical (unpaired) electrons. The molecule has 0 aliphatic rings. The zero-order valence-electron chi connectivity index (χ0n) is 13.3. The Kier molecular flexibility index (Phi) is 4.48. The molecule has 3 rings (SSSR count). The van der Waals surface area contributed by atoms with Crippen molar-refractivity contribution in [3.05, 3.63) is 40.9 Å². The smallest absolute Gasteiger partial charge is 0.277 e. The summed E-state index contributed by atoms with van der Waals surface area (Å²) in [6.07, 6.45) is 1.23. The topological polar surface area (TPSA) is 122 Å². The number of rotatable bonds is 4. The summed E-state index contributed by atoms with van der Waals surface area (Å²) in [5.41, 5.74) is 0.798. The van der Waals surface area contributed by atoms with E-state index in [0.717, 1.165) is 0 Å². The van der Waals surface area contributed by atoms with E-state index < -0.39 is 11.8 Å². The lowest BCUT2D eigenvalue weighted by Gasteiger charge is -2.08. The molecule has 0 aliphatic carbocycles. The molecule has 0 unspecified atom stereocenters. The van der Waals surface area contributed by atoms with Gasteiger partial charge in [-0.2, -0.15) is 10.1 Å². The van der Waals surface area contributed by atoms with Crippen LogP contribution in [0.1, 0.15) is 20.8 Å². The van der Waals surface area contributed by atoms with Gasteiger partial charge in [-0.15, -0.1) is 0 Å². The van der Waals surface area contributed by atoms with Gasteiger partial charge < -0.3 is 15.4 Å². The molecule has 0 spiro atoms. The van der Waals surface area contributed by atoms with Crippen molar-refractivity contribution < 1.29 is 14.3 Å². The van der Waals surface area contributed by atoms with Crippen LogP contribution >= 0.6 is 11.6 Å². The number of aromatic nitrogens is 4. The number of para-hydroxylation sites is 1. The van der Waals surface area contributed by atoms with Gasteiger partial charge in [0.05, 0.1) is 7.11 Å². The zero-order valence-corrected chi connectivity index (χ0v) is 14.0. The Balaban J connectivity index is 1.99. The summed E-state index contributed by atoms with van der Waals surface area (Å²) < 4.78 is 5.23. The number of ether oxygens (including phenoxy) is 1. The minimum absolute atomic E-state index is 0.0107. The van der Waals surface area contributed by atoms with Gasteiger partial charge >= 0.3 is 0 Å². The molecule has 2 amide bonds. The Morgan fingerprint density at radius 1 is 1.28 bits per heavy atom. The number of nitrogens with one attached hydrogen (secondary N) is 3. The van der Waals surface area contributed by atoms with Crippen LogP contribution in [0.5, 0.6) is 5.75 Å². The molecule has 10 heteroatoms. The molecule has 2 aromatic heterocycles. The largest absolute Gasteiger partial charge is 0.494 e. The van der Waals surface area contributed by atoms with Crippen LogP contribution in [-0.4, -0.2) is 46.1 Å². The standard InChI is InChI=1S/C15H13ClN6O3/c1-17-13(23)8-6-18-15(16)20-12(8)19-14(24)11-7-4-3-5-9(25-2)10(7)21-22-11/h3-6H,1-2H3,(H,17,23)(H,21,22)(H,18,19,20,24). The van der Waals surface area contributed by atoms with Gasteiger partial charge in [-0.05, 0) is 17.7 Å². The lowest BCUT2D eigenvalue weighted by atomic mass is 10.2. The highest BCUT2D eigenvalue weighted by Gasteiger charge is 2.20. The van der Waals surface area contributed by atoms with Crippen molar-refractivity contribution in [3.8, 4) is 5.75 Å². The summed E-state index contributed by atoms with van der Waals surface area (Å²) >= 11 is 5.76. The first-order chi connectivity index (χ1) is 12.0. The first-order valence-electron chi connectivity index (χ1n) is 7.12. The second-order valence-corrected chi connectivity index (χ2v) is 5.23. The third kappa shape index (κ3) is 3.09. The summed E-state index contributed by atoms with van der Waals surface area (Å²) in [4.78, 5) is 32.1. The van der Waals surface area contributed by atoms with Crippen LogP contribution in [0.15, 0.2) is 24.4 Å². The molecule has 0 atom stereocenters. The van der Waals surface area contributed by atoms with Crippen LogP contribution in [0.3, 0.4) is 0 Å². The third-order valence-electron chi connectivity index (χ3n) is 3.46. The Hall–Kier alpha value is -3.20. The lowest BCUT2D eigenvalue weighted by Crippen LogP contribution is -2.23. The monoisotopic (exact) mass is 360 g/mol. The van der Waals surface area contributed by atoms with Gasteiger partial charge in [-0.3, -0.25) is 14.7 Å². The van der Waals surface area contributed by atoms with Crippen LogP contribution in [0.25, 0.3) is 10.9 Å². The fourth-order valence-electron chi connectivity index (χ4n) is 2.28. The molecule has 0 fully saturated rings. The molecule has 25 heavy (non-hydrogen) atoms. The van der Waals surface area contributed by atoms with Crippen LogP contribution in [0.2, 0.25) is 5.28 Å². The van der Waals surface area contributed by atoms with E-state index in [1.807, 2.05) is 0 Å². The van der Waals surface area contributed by atoms with Crippen molar-refractivity contribution in [1.82, 2.24) is 25.5 Å². The number of methoxy groups -OCH3 is 1. The Morgan fingerprint density at radius 3 is 2.80 bits per heavy atom. The minimum Gasteiger partial charge on any atom is -0.494 e. The van der Waals surface area contributed by atoms with Gasteiger partial charge in [0, 0.05) is 18.6 Å². The predicted molar refractivity (Wildman–Crippen MR) is 91.0 cm³/mol. The van der Waals surface area contributed by atoms with Gasteiger partial charge in [-0.1, -0.05) is 12.1 Å². The van der Waals surface area contributed by atoms with Crippen LogP contribution in [0, 0.1) is 0 Å². The van der Waals surface area contributed by atoms with E-state index >= 15 is 0 Å². The quantitative estimate of drug-likeness (QED) is 0.608. The SMILES string of the molecule is CNC(=O)c1cnc(Cl)nc1NC(=O)c1n[nH]c2c(OC)cccc12. The number of carbonyl (C=O) groups excluding carboxylic acids is 2. The number of fused-ring (bicyclic) bond motifs is 1. The molecule has 3 aromatic rings. The average molecular weight is 361 g/mol. The molecule has 128 valence electrons. The molecule has 0 saturated heterocycles. The summed E-state index contributed by atoms with van der Waals surface area (Å²) in [5, 5.41) is 12.2. The number of hydrogen-bond acceptors (Lipinski definition) is 6. The first-order valence-corrected chi connectivity index (χ1v) is 7.50. The summed E-state index contributed by atoms with van der Waals surface area (Å²) in [5.74, 6) is -0.469. The molecule has 9 nitrogen and oxygen atoms in total. The van der Waals surface area contributed by atoms with Crippen molar-refractivity contribution in [3.63, 3.8) is 0 Å². The van der Waals surface area contributed by atoms with Crippen molar-refractivity contribution in [2.75, 3.05) is 19.5 Å². The number of anilines is 1. The summed E-state index contributed by atoms with van der Waals surface area (Å²) in [7, 11) is 2.98. The molecule has 0 saturated carbocycles. The molecular weight excluding hydrogens is 348 g/mol. The van der Waals surface area contributed by atoms with E-state index in [-0.39, 0.29) is 22.4 Å². The number of aromatic amines is 1. The number of carbonyl (C=O) groups is 2. The number of hydrogen-bond donors (Lipinski definition) is 3. The highest BCUT2D eigenvalue weighted by atomic mass is 35.5. The van der Waals surface area contributed by atoms with E-state index in [2.05, 4.69) is 30.8 Å². The number of benzene rings is 1. The van der Waals surface area contributed by atoms with Crippen LogP contribution in [-0.2, 0) is 0 Å². The Bertz CT molecular complexity index is 971. The highest BCUT2D eigenvalue weighted by molar-refractivity contribution is 6.28. The zero-order chi connectivity index (χ0) is 18.0. The Morgan fingerprint density at radius 2 is 2.08 bits per heavy atom. The maximum absolute atomic E-state index is 12.6. The van der Waals surface area contributed by atoms with Crippen molar-refractivity contribution in [1.29, 1.82) is 0 Å². The van der Waals surface area contributed by atoms with Crippen LogP contribution < -0.4 is 15.4 Å². The predicted octanol–water partition coefficient (Wildman–Crippen LogP) is 1.63. The second-order valence-electron chi connectivity index (χ2n) is 4.89. The number of halogens is 1. The normalized spacial score (nSPS) is 10.5. The first kappa shape index (κ1) is 16.7. The summed E-state index contributed by atoms with van der Waals surface area (Å²) in [6.45, 7) is 0. The number of nitrogens with zero attached hydrogens (tertiary/aromatic N) is 3. The van der Waals surface area contributed by atoms with E-state index in [9.17, 15) is 9.59 Å². The van der Waals surface area contributed by atoms with Gasteiger partial charge in [0.2, 0.25) is 5.28 Å². The molecule has 0 aliphatic heterocycles. The molecule has 2 heterocycles. The van der Waals surface area contributed by atoms with Gasteiger partial charge in [-0.25, -0.2) is 4.98 Å². The van der Waals surface area contributed by atoms with Gasteiger partial charge in [0.25, 0.3) is 11.8 Å². The van der Waals surface area contributed by atoms with E-state index in [4.69, 9.17) is 16.3 Å². The summed E-state index contributed by atoms with van der Waals surface area (Å²) in [6, 6.07) is 5.21. The minimum atomic E-state index is -0.556. The van der Waals surface area contributed by atoms with Gasteiger partial charge in [0.1, 0.15) is 16.8 Å². The van der Waals surface area contributed by atoms with Crippen molar-refractivity contribution in [2.45, 2.75) is 0 Å². The highest BCUT2D eigenvalue weighted by Crippen LogP contribution is 2.26. The lowest BCUT2D eigenvalue weighted by molar-refractivity contribution is 0.0963. The van der Waals surface area contributed by atoms with Crippen molar-refractivity contribution >= 4 is 40.1 Å². The second kappa shape index (κ2) is 6.73. The van der Waals surface area contributed by atoms with Gasteiger partial charge in [0.15, 0.2) is 11.5 Å². The molecule has 3 N–H and O–H groups in total. The fraction of sp³-hybridized carbons (Fsp3) is 0.133. The van der Waals surface area contributed by atoms with E-state index in [1.54, 1.807) is 18.2 Å². The van der Waals surface area contributed by atoms with Crippen LogP contribution in [0.4, 0.5) is 5.82 Å². The molecular formula is C15H13ClN6O3. The third-order valence-corrected chi connectivity index (χ3v) is 3.64.